The molecule has 2 aromatic rings. The lowest BCUT2D eigenvalue weighted by Crippen LogP contribution is -2.37. The number of carbonyl (C=O) groups is 1. The van der Waals surface area contributed by atoms with Gasteiger partial charge in [-0.15, -0.1) is 0 Å². The van der Waals surface area contributed by atoms with Gasteiger partial charge in [0.05, 0.1) is 13.2 Å². The first-order valence-corrected chi connectivity index (χ1v) is 8.46. The van der Waals surface area contributed by atoms with E-state index in [1.54, 1.807) is 14.0 Å². The number of hydrogen-bond donors (Lipinski definition) is 3. The van der Waals surface area contributed by atoms with Crippen LogP contribution in [0.3, 0.4) is 0 Å². The summed E-state index contributed by atoms with van der Waals surface area (Å²) < 4.78 is 5.17. The highest BCUT2D eigenvalue weighted by Gasteiger charge is 2.15. The average molecular weight is 342 g/mol. The highest BCUT2D eigenvalue weighted by atomic mass is 16.5. The molecule has 2 rings (SSSR count). The predicted octanol–water partition coefficient (Wildman–Crippen LogP) is 3.05. The minimum Gasteiger partial charge on any atom is -0.497 e. The number of amides is 2. The van der Waals surface area contributed by atoms with Gasteiger partial charge in [0, 0.05) is 19.0 Å². The summed E-state index contributed by atoms with van der Waals surface area (Å²) in [7, 11) is 1.62. The van der Waals surface area contributed by atoms with Gasteiger partial charge in [0.25, 0.3) is 0 Å². The third-order valence-corrected chi connectivity index (χ3v) is 3.99. The van der Waals surface area contributed by atoms with Gasteiger partial charge in [-0.2, -0.15) is 0 Å². The van der Waals surface area contributed by atoms with Crippen molar-refractivity contribution in [2.24, 2.45) is 0 Å². The summed E-state index contributed by atoms with van der Waals surface area (Å²) >= 11 is 0. The average Bonchev–Trinajstić information content (AvgIpc) is 2.64. The molecule has 2 aromatic carbocycles. The summed E-state index contributed by atoms with van der Waals surface area (Å²) in [6.07, 6.45) is 0.173. The molecule has 0 aliphatic heterocycles. The molecule has 134 valence electrons. The molecular weight excluding hydrogens is 316 g/mol. The molecule has 0 heterocycles. The van der Waals surface area contributed by atoms with E-state index >= 15 is 0 Å². The zero-order valence-corrected chi connectivity index (χ0v) is 14.7. The van der Waals surface area contributed by atoms with Gasteiger partial charge in [0.15, 0.2) is 0 Å². The van der Waals surface area contributed by atoms with E-state index in [1.165, 1.54) is 0 Å². The maximum absolute atomic E-state index is 12.1. The summed E-state index contributed by atoms with van der Waals surface area (Å²) in [4.78, 5) is 12.1. The number of nitrogens with one attached hydrogen (secondary N) is 2. The van der Waals surface area contributed by atoms with Gasteiger partial charge >= 0.3 is 6.03 Å². The molecular formula is C20H26N2O3. The molecule has 0 saturated carbocycles. The highest BCUT2D eigenvalue weighted by Crippen LogP contribution is 2.20. The first-order chi connectivity index (χ1) is 12.1. The Bertz CT molecular complexity index is 659. The molecule has 2 unspecified atom stereocenters. The number of hydrogen-bond acceptors (Lipinski definition) is 3. The number of aliphatic hydroxyl groups excluding tert-OH is 1. The predicted molar refractivity (Wildman–Crippen MR) is 98.7 cm³/mol. The van der Waals surface area contributed by atoms with Crippen molar-refractivity contribution in [2.75, 3.05) is 13.7 Å². The maximum Gasteiger partial charge on any atom is 0.315 e. The summed E-state index contributed by atoms with van der Waals surface area (Å²) in [5.41, 5.74) is 2.08. The van der Waals surface area contributed by atoms with Gasteiger partial charge in [-0.25, -0.2) is 4.79 Å². The van der Waals surface area contributed by atoms with Crippen LogP contribution in [0.2, 0.25) is 0 Å². The van der Waals surface area contributed by atoms with Crippen LogP contribution in [0.5, 0.6) is 5.75 Å². The maximum atomic E-state index is 12.1. The molecule has 0 bridgehead atoms. The summed E-state index contributed by atoms with van der Waals surface area (Å²) in [6.45, 7) is 2.66. The van der Waals surface area contributed by atoms with E-state index in [0.29, 0.717) is 19.5 Å². The lowest BCUT2D eigenvalue weighted by molar-refractivity contribution is 0.173. The fraction of sp³-hybridized carbons (Fsp3) is 0.350. The van der Waals surface area contributed by atoms with E-state index in [9.17, 15) is 9.90 Å². The zero-order chi connectivity index (χ0) is 18.1. The lowest BCUT2D eigenvalue weighted by atomic mass is 9.93. The van der Waals surface area contributed by atoms with Crippen LogP contribution in [0.4, 0.5) is 4.79 Å². The summed E-state index contributed by atoms with van der Waals surface area (Å²) in [5.74, 6) is 0.838. The van der Waals surface area contributed by atoms with Gasteiger partial charge in [-0.1, -0.05) is 42.5 Å². The smallest absolute Gasteiger partial charge is 0.315 e. The Morgan fingerprint density at radius 1 is 1.12 bits per heavy atom. The number of aliphatic hydroxyl groups is 1. The van der Waals surface area contributed by atoms with E-state index in [-0.39, 0.29) is 11.9 Å². The molecule has 0 spiro atoms. The first kappa shape index (κ1) is 18.8. The van der Waals surface area contributed by atoms with Crippen LogP contribution in [0.25, 0.3) is 0 Å². The van der Waals surface area contributed by atoms with E-state index in [0.717, 1.165) is 16.9 Å². The van der Waals surface area contributed by atoms with Crippen LogP contribution in [0.15, 0.2) is 54.6 Å². The van der Waals surface area contributed by atoms with Crippen LogP contribution in [0.1, 0.15) is 30.4 Å². The molecule has 0 aliphatic rings. The van der Waals surface area contributed by atoms with Crippen molar-refractivity contribution in [1.29, 1.82) is 0 Å². The Morgan fingerprint density at radius 3 is 2.56 bits per heavy atom. The van der Waals surface area contributed by atoms with E-state index < -0.39 is 6.10 Å². The number of methoxy groups -OCH3 is 1. The third-order valence-electron chi connectivity index (χ3n) is 3.99. The zero-order valence-electron chi connectivity index (χ0n) is 14.7. The van der Waals surface area contributed by atoms with Gasteiger partial charge < -0.3 is 20.5 Å². The quantitative estimate of drug-likeness (QED) is 0.690. The summed E-state index contributed by atoms with van der Waals surface area (Å²) in [5, 5.41) is 15.4. The molecule has 0 aliphatic carbocycles. The normalized spacial score (nSPS) is 12.9. The van der Waals surface area contributed by atoms with E-state index in [1.807, 2.05) is 54.6 Å². The van der Waals surface area contributed by atoms with Crippen molar-refractivity contribution in [3.63, 3.8) is 0 Å². The van der Waals surface area contributed by atoms with Crippen molar-refractivity contribution in [2.45, 2.75) is 31.9 Å². The fourth-order valence-electron chi connectivity index (χ4n) is 2.72. The Labute approximate surface area is 149 Å². The minimum atomic E-state index is -0.424. The van der Waals surface area contributed by atoms with Crippen molar-refractivity contribution in [3.05, 3.63) is 65.7 Å². The molecule has 0 fully saturated rings. The van der Waals surface area contributed by atoms with Gasteiger partial charge in [0.2, 0.25) is 0 Å². The van der Waals surface area contributed by atoms with Crippen LogP contribution < -0.4 is 15.4 Å². The van der Waals surface area contributed by atoms with Crippen LogP contribution in [-0.2, 0) is 6.54 Å². The Morgan fingerprint density at radius 2 is 1.88 bits per heavy atom. The number of benzene rings is 2. The molecule has 3 N–H and O–H groups in total. The van der Waals surface area contributed by atoms with Gasteiger partial charge in [0.1, 0.15) is 5.75 Å². The fourth-order valence-corrected chi connectivity index (χ4v) is 2.72. The van der Waals surface area contributed by atoms with Crippen molar-refractivity contribution in [3.8, 4) is 5.75 Å². The second-order valence-electron chi connectivity index (χ2n) is 6.11. The molecule has 5 nitrogen and oxygen atoms in total. The standard InChI is InChI=1S/C20H26N2O3/c1-15(23)11-18(17-8-4-3-5-9-17)14-22-20(24)21-13-16-7-6-10-19(12-16)25-2/h3-10,12,15,18,23H,11,13-14H2,1-2H3,(H2,21,22,24). The molecule has 5 heteroatoms. The third kappa shape index (κ3) is 6.47. The van der Waals surface area contributed by atoms with Crippen LogP contribution in [-0.4, -0.2) is 30.9 Å². The topological polar surface area (TPSA) is 70.6 Å². The summed E-state index contributed by atoms with van der Waals surface area (Å²) in [6, 6.07) is 17.3. The Kier molecular flexibility index (Phi) is 7.29. The molecule has 25 heavy (non-hydrogen) atoms. The van der Waals surface area contributed by atoms with Crippen molar-refractivity contribution >= 4 is 6.03 Å². The highest BCUT2D eigenvalue weighted by molar-refractivity contribution is 5.73. The van der Waals surface area contributed by atoms with Crippen LogP contribution in [0, 0.1) is 0 Å². The number of carbonyl (C=O) groups excluding carboxylic acids is 1. The lowest BCUT2D eigenvalue weighted by Gasteiger charge is -2.20. The number of rotatable bonds is 8. The molecule has 0 radical (unpaired) electrons. The van der Waals surface area contributed by atoms with Crippen molar-refractivity contribution in [1.82, 2.24) is 10.6 Å². The molecule has 2 atom stereocenters. The van der Waals surface area contributed by atoms with E-state index in [2.05, 4.69) is 10.6 Å². The Hall–Kier alpha value is -2.53. The molecule has 0 aromatic heterocycles. The number of urea groups is 1. The molecule has 2 amide bonds. The van der Waals surface area contributed by atoms with Gasteiger partial charge in [-0.05, 0) is 36.6 Å². The molecule has 0 saturated heterocycles. The van der Waals surface area contributed by atoms with E-state index in [4.69, 9.17) is 4.74 Å². The van der Waals surface area contributed by atoms with Gasteiger partial charge in [-0.3, -0.25) is 0 Å². The monoisotopic (exact) mass is 342 g/mol. The second kappa shape index (κ2) is 9.69. The SMILES string of the molecule is COc1cccc(CNC(=O)NCC(CC(C)O)c2ccccc2)c1. The van der Waals surface area contributed by atoms with Crippen molar-refractivity contribution < 1.29 is 14.6 Å². The number of ether oxygens (including phenoxy) is 1. The first-order valence-electron chi connectivity index (χ1n) is 8.46. The minimum absolute atomic E-state index is 0.0729. The second-order valence-corrected chi connectivity index (χ2v) is 6.11. The Balaban J connectivity index is 1.85. The largest absolute Gasteiger partial charge is 0.497 e. The van der Waals surface area contributed by atoms with Crippen LogP contribution >= 0.6 is 0 Å².